The summed E-state index contributed by atoms with van der Waals surface area (Å²) in [6, 6.07) is 27.8. The van der Waals surface area contributed by atoms with Crippen molar-refractivity contribution < 1.29 is 28.5 Å². The lowest BCUT2D eigenvalue weighted by Gasteiger charge is -2.33. The van der Waals surface area contributed by atoms with E-state index in [0.29, 0.717) is 47.0 Å². The number of halogens is 1. The number of anilines is 1. The highest BCUT2D eigenvalue weighted by Crippen LogP contribution is 2.34. The molecule has 230 valence electrons. The Kier molecular flexibility index (Phi) is 8.67. The standard InChI is InChI=1S/C36H33ClN2O6/c1-23-29(19-35(40)44-21-24-9-5-4-6-10-24)30-17-25(42-3)14-16-32(30)39(23)36(41)28-15-13-26(18-31(28)37)43-22-27-20-38(2)33-11-7-8-12-34(33)45-27/h4-18,27H,19-22H2,1-3H3/t27-/m0/s1. The first-order valence-corrected chi connectivity index (χ1v) is 15.0. The lowest BCUT2D eigenvalue weighted by atomic mass is 10.1. The summed E-state index contributed by atoms with van der Waals surface area (Å²) in [6.07, 6.45) is -0.180. The third-order valence-corrected chi connectivity index (χ3v) is 8.28. The number of methoxy groups -OCH3 is 1. The lowest BCUT2D eigenvalue weighted by Crippen LogP contribution is -2.41. The number of nitrogens with zero attached hydrogens (tertiary/aromatic N) is 2. The molecule has 45 heavy (non-hydrogen) atoms. The largest absolute Gasteiger partial charge is 0.497 e. The van der Waals surface area contributed by atoms with Crippen LogP contribution >= 0.6 is 11.6 Å². The van der Waals surface area contributed by atoms with Crippen LogP contribution in [0.3, 0.4) is 0 Å². The first-order valence-electron chi connectivity index (χ1n) is 14.6. The molecule has 5 aromatic rings. The zero-order valence-electron chi connectivity index (χ0n) is 25.3. The normalized spacial score (nSPS) is 14.0. The van der Waals surface area contributed by atoms with E-state index in [1.165, 1.54) is 0 Å². The smallest absolute Gasteiger partial charge is 0.310 e. The Morgan fingerprint density at radius 3 is 2.49 bits per heavy atom. The van der Waals surface area contributed by atoms with Gasteiger partial charge in [0.05, 0.1) is 41.9 Å². The maximum atomic E-state index is 14.0. The molecule has 0 saturated heterocycles. The highest BCUT2D eigenvalue weighted by Gasteiger charge is 2.26. The van der Waals surface area contributed by atoms with Crippen molar-refractivity contribution >= 4 is 40.1 Å². The number of benzene rings is 4. The number of ether oxygens (including phenoxy) is 4. The molecule has 0 bridgehead atoms. The summed E-state index contributed by atoms with van der Waals surface area (Å²) in [5.74, 6) is 1.24. The Morgan fingerprint density at radius 1 is 0.956 bits per heavy atom. The van der Waals surface area contributed by atoms with Crippen molar-refractivity contribution in [3.8, 4) is 17.2 Å². The van der Waals surface area contributed by atoms with Crippen LogP contribution in [0.25, 0.3) is 10.9 Å². The van der Waals surface area contributed by atoms with E-state index in [0.717, 1.165) is 22.4 Å². The van der Waals surface area contributed by atoms with E-state index in [9.17, 15) is 9.59 Å². The number of para-hydroxylation sites is 2. The van der Waals surface area contributed by atoms with Crippen molar-refractivity contribution in [2.75, 3.05) is 32.2 Å². The van der Waals surface area contributed by atoms with Crippen LogP contribution in [-0.4, -0.2) is 49.9 Å². The van der Waals surface area contributed by atoms with Gasteiger partial charge in [0.15, 0.2) is 0 Å². The fourth-order valence-electron chi connectivity index (χ4n) is 5.66. The van der Waals surface area contributed by atoms with Crippen molar-refractivity contribution in [1.29, 1.82) is 0 Å². The van der Waals surface area contributed by atoms with E-state index in [2.05, 4.69) is 4.90 Å². The minimum Gasteiger partial charge on any atom is -0.497 e. The third kappa shape index (κ3) is 6.33. The van der Waals surface area contributed by atoms with E-state index in [1.54, 1.807) is 35.9 Å². The average Bonchev–Trinajstić information content (AvgIpc) is 3.32. The summed E-state index contributed by atoms with van der Waals surface area (Å²) in [7, 11) is 3.60. The number of carbonyl (C=O) groups excluding carboxylic acids is 2. The van der Waals surface area contributed by atoms with Crippen molar-refractivity contribution in [2.45, 2.75) is 26.1 Å². The quantitative estimate of drug-likeness (QED) is 0.166. The Hall–Kier alpha value is -4.95. The van der Waals surface area contributed by atoms with Crippen LogP contribution in [0.2, 0.25) is 5.02 Å². The van der Waals surface area contributed by atoms with Gasteiger partial charge in [0.1, 0.15) is 36.6 Å². The van der Waals surface area contributed by atoms with Crippen molar-refractivity contribution in [2.24, 2.45) is 0 Å². The second kappa shape index (κ2) is 13.0. The van der Waals surface area contributed by atoms with Gasteiger partial charge in [-0.1, -0.05) is 54.1 Å². The minimum atomic E-state index is -0.396. The van der Waals surface area contributed by atoms with Gasteiger partial charge in [-0.2, -0.15) is 0 Å². The van der Waals surface area contributed by atoms with Crippen LogP contribution < -0.4 is 19.1 Å². The van der Waals surface area contributed by atoms with Gasteiger partial charge in [0.25, 0.3) is 5.91 Å². The molecule has 0 unspecified atom stereocenters. The molecule has 0 aliphatic carbocycles. The maximum Gasteiger partial charge on any atom is 0.310 e. The number of hydrogen-bond acceptors (Lipinski definition) is 7. The van der Waals surface area contributed by atoms with Gasteiger partial charge in [0.2, 0.25) is 0 Å². The van der Waals surface area contributed by atoms with Crippen LogP contribution in [-0.2, 0) is 22.6 Å². The van der Waals surface area contributed by atoms with Crippen LogP contribution in [0.4, 0.5) is 5.69 Å². The molecule has 1 atom stereocenters. The highest BCUT2D eigenvalue weighted by molar-refractivity contribution is 6.34. The molecule has 4 aromatic carbocycles. The monoisotopic (exact) mass is 624 g/mol. The molecule has 2 heterocycles. The fraction of sp³-hybridized carbons (Fsp3) is 0.222. The summed E-state index contributed by atoms with van der Waals surface area (Å²) in [4.78, 5) is 29.1. The Balaban J connectivity index is 1.21. The molecule has 0 N–H and O–H groups in total. The maximum absolute atomic E-state index is 14.0. The first-order chi connectivity index (χ1) is 21.8. The van der Waals surface area contributed by atoms with Crippen molar-refractivity contribution in [3.63, 3.8) is 0 Å². The van der Waals surface area contributed by atoms with Gasteiger partial charge < -0.3 is 23.8 Å². The number of rotatable bonds is 9. The van der Waals surface area contributed by atoms with E-state index in [4.69, 9.17) is 30.5 Å². The van der Waals surface area contributed by atoms with E-state index in [1.807, 2.05) is 80.7 Å². The predicted octanol–water partition coefficient (Wildman–Crippen LogP) is 6.86. The summed E-state index contributed by atoms with van der Waals surface area (Å²) in [5.41, 5.74) is 4.19. The number of carbonyl (C=O) groups is 2. The molecule has 0 spiro atoms. The highest BCUT2D eigenvalue weighted by atomic mass is 35.5. The Bertz CT molecular complexity index is 1870. The molecule has 9 heteroatoms. The molecular formula is C36H33ClN2O6. The van der Waals surface area contributed by atoms with Crippen molar-refractivity contribution in [1.82, 2.24) is 4.57 Å². The van der Waals surface area contributed by atoms with Gasteiger partial charge in [-0.05, 0) is 66.6 Å². The molecule has 1 aromatic heterocycles. The third-order valence-electron chi connectivity index (χ3n) is 7.96. The number of fused-ring (bicyclic) bond motifs is 2. The summed E-state index contributed by atoms with van der Waals surface area (Å²) < 4.78 is 24.7. The molecule has 1 aliphatic rings. The van der Waals surface area contributed by atoms with Crippen LogP contribution in [0.5, 0.6) is 17.2 Å². The van der Waals surface area contributed by atoms with Gasteiger partial charge >= 0.3 is 5.97 Å². The SMILES string of the molecule is COc1ccc2c(c1)c(CC(=O)OCc1ccccc1)c(C)n2C(=O)c1ccc(OC[C@@H]2CN(C)c3ccccc3O2)cc1Cl. The Labute approximate surface area is 266 Å². The van der Waals surface area contributed by atoms with Crippen LogP contribution in [0, 0.1) is 6.92 Å². The predicted molar refractivity (Wildman–Crippen MR) is 174 cm³/mol. The Morgan fingerprint density at radius 2 is 1.71 bits per heavy atom. The van der Waals surface area contributed by atoms with Crippen molar-refractivity contribution in [3.05, 3.63) is 118 Å². The van der Waals surface area contributed by atoms with Crippen LogP contribution in [0.15, 0.2) is 91.0 Å². The lowest BCUT2D eigenvalue weighted by molar-refractivity contribution is -0.144. The number of aromatic nitrogens is 1. The molecule has 8 nitrogen and oxygen atoms in total. The zero-order chi connectivity index (χ0) is 31.5. The summed E-state index contributed by atoms with van der Waals surface area (Å²) in [5, 5.41) is 0.982. The molecule has 0 fully saturated rings. The van der Waals surface area contributed by atoms with E-state index >= 15 is 0 Å². The summed E-state index contributed by atoms with van der Waals surface area (Å²) >= 11 is 6.68. The van der Waals surface area contributed by atoms with E-state index < -0.39 is 5.97 Å². The van der Waals surface area contributed by atoms with Crippen LogP contribution in [0.1, 0.15) is 27.2 Å². The summed E-state index contributed by atoms with van der Waals surface area (Å²) in [6.45, 7) is 2.97. The molecule has 1 aliphatic heterocycles. The first kappa shape index (κ1) is 30.1. The van der Waals surface area contributed by atoms with Gasteiger partial charge in [0, 0.05) is 18.1 Å². The second-order valence-corrected chi connectivity index (χ2v) is 11.4. The second-order valence-electron chi connectivity index (χ2n) is 11.0. The average molecular weight is 625 g/mol. The number of hydrogen-bond donors (Lipinski definition) is 0. The molecular weight excluding hydrogens is 592 g/mol. The topological polar surface area (TPSA) is 79.2 Å². The molecule has 0 saturated carbocycles. The van der Waals surface area contributed by atoms with Gasteiger partial charge in [-0.15, -0.1) is 0 Å². The molecule has 6 rings (SSSR count). The zero-order valence-corrected chi connectivity index (χ0v) is 26.0. The molecule has 0 radical (unpaired) electrons. The van der Waals surface area contributed by atoms with E-state index in [-0.39, 0.29) is 30.1 Å². The minimum absolute atomic E-state index is 0.00791. The number of likely N-dealkylation sites (N-methyl/N-ethyl adjacent to an activating group) is 1. The molecule has 0 amide bonds. The van der Waals surface area contributed by atoms with Gasteiger partial charge in [-0.25, -0.2) is 0 Å². The number of esters is 1. The fourth-order valence-corrected chi connectivity index (χ4v) is 5.91. The van der Waals surface area contributed by atoms with Gasteiger partial charge in [-0.3, -0.25) is 14.2 Å².